The van der Waals surface area contributed by atoms with Gasteiger partial charge in [0.2, 0.25) is 0 Å². The Bertz CT molecular complexity index is 449. The fraction of sp³-hybridized carbons (Fsp3) is 0.467. The molecule has 0 aliphatic heterocycles. The van der Waals surface area contributed by atoms with Gasteiger partial charge in [-0.2, -0.15) is 5.26 Å². The van der Waals surface area contributed by atoms with Crippen LogP contribution in [-0.2, 0) is 5.41 Å². The number of benzene rings is 1. The molecule has 0 radical (unpaired) electrons. The summed E-state index contributed by atoms with van der Waals surface area (Å²) in [5, 5.41) is 8.51. The fourth-order valence-corrected chi connectivity index (χ4v) is 1.65. The van der Waals surface area contributed by atoms with Gasteiger partial charge in [0, 0.05) is 19.2 Å². The van der Waals surface area contributed by atoms with E-state index in [1.165, 1.54) is 5.56 Å². The topological polar surface area (TPSA) is 44.1 Å². The minimum atomic E-state index is -0.0364. The van der Waals surface area contributed by atoms with E-state index in [-0.39, 0.29) is 11.3 Å². The molecule has 1 rings (SSSR count). The van der Waals surface area contributed by atoms with Crippen LogP contribution in [0.5, 0.6) is 0 Å². The van der Waals surface area contributed by atoms with E-state index in [9.17, 15) is 4.79 Å². The van der Waals surface area contributed by atoms with Crippen LogP contribution in [0.2, 0.25) is 0 Å². The summed E-state index contributed by atoms with van der Waals surface area (Å²) in [7, 11) is 1.72. The molecule has 0 aliphatic carbocycles. The zero-order chi connectivity index (χ0) is 13.8. The Balaban J connectivity index is 2.80. The van der Waals surface area contributed by atoms with Crippen LogP contribution < -0.4 is 0 Å². The lowest BCUT2D eigenvalue weighted by molar-refractivity contribution is 0.0798. The second-order valence-electron chi connectivity index (χ2n) is 5.46. The molecule has 0 bridgehead atoms. The second kappa shape index (κ2) is 5.68. The summed E-state index contributed by atoms with van der Waals surface area (Å²) in [6, 6.07) is 9.73. The van der Waals surface area contributed by atoms with Gasteiger partial charge < -0.3 is 4.90 Å². The molecule has 0 saturated carbocycles. The van der Waals surface area contributed by atoms with Crippen molar-refractivity contribution in [1.29, 1.82) is 5.26 Å². The zero-order valence-electron chi connectivity index (χ0n) is 11.5. The van der Waals surface area contributed by atoms with Gasteiger partial charge in [-0.1, -0.05) is 32.9 Å². The van der Waals surface area contributed by atoms with Gasteiger partial charge in [0.05, 0.1) is 12.5 Å². The summed E-state index contributed by atoms with van der Waals surface area (Å²) in [4.78, 5) is 13.6. The molecule has 3 nitrogen and oxygen atoms in total. The lowest BCUT2D eigenvalue weighted by Crippen LogP contribution is -2.27. The maximum absolute atomic E-state index is 12.0. The fourth-order valence-electron chi connectivity index (χ4n) is 1.65. The number of nitriles is 1. The Morgan fingerprint density at radius 2 is 1.83 bits per heavy atom. The van der Waals surface area contributed by atoms with Crippen LogP contribution in [0, 0.1) is 11.3 Å². The number of nitrogens with zero attached hydrogens (tertiary/aromatic N) is 2. The van der Waals surface area contributed by atoms with Crippen LogP contribution in [0.1, 0.15) is 43.1 Å². The molecule has 0 aromatic heterocycles. The van der Waals surface area contributed by atoms with Crippen LogP contribution in [0.3, 0.4) is 0 Å². The molecular weight excluding hydrogens is 224 g/mol. The smallest absolute Gasteiger partial charge is 0.253 e. The minimum Gasteiger partial charge on any atom is -0.341 e. The minimum absolute atomic E-state index is 0.0364. The Labute approximate surface area is 109 Å². The molecule has 3 heteroatoms. The summed E-state index contributed by atoms with van der Waals surface area (Å²) in [6.45, 7) is 6.89. The predicted octanol–water partition coefficient (Wildman–Crippen LogP) is 2.97. The Morgan fingerprint density at radius 3 is 2.28 bits per heavy atom. The van der Waals surface area contributed by atoms with Gasteiger partial charge in [0.25, 0.3) is 5.91 Å². The molecule has 18 heavy (non-hydrogen) atoms. The standard InChI is InChI=1S/C15H20N2O/c1-15(2,3)13-8-6-12(7-9-13)14(18)17(4)11-5-10-16/h6-9H,5,11H2,1-4H3. The zero-order valence-corrected chi connectivity index (χ0v) is 11.5. The molecule has 0 heterocycles. The quantitative estimate of drug-likeness (QED) is 0.820. The van der Waals surface area contributed by atoms with Crippen LogP contribution in [-0.4, -0.2) is 24.4 Å². The monoisotopic (exact) mass is 244 g/mol. The van der Waals surface area contributed by atoms with Gasteiger partial charge in [-0.05, 0) is 23.1 Å². The normalized spacial score (nSPS) is 10.8. The number of hydrogen-bond acceptors (Lipinski definition) is 2. The van der Waals surface area contributed by atoms with Gasteiger partial charge in [-0.25, -0.2) is 0 Å². The lowest BCUT2D eigenvalue weighted by atomic mass is 9.86. The third kappa shape index (κ3) is 3.59. The second-order valence-corrected chi connectivity index (χ2v) is 5.46. The summed E-state index contributed by atoms with van der Waals surface area (Å²) in [5.41, 5.74) is 1.97. The highest BCUT2D eigenvalue weighted by molar-refractivity contribution is 5.94. The van der Waals surface area contributed by atoms with Crippen molar-refractivity contribution in [2.24, 2.45) is 0 Å². The van der Waals surface area contributed by atoms with Crippen LogP contribution in [0.4, 0.5) is 0 Å². The van der Waals surface area contributed by atoms with Crippen LogP contribution in [0.25, 0.3) is 0 Å². The van der Waals surface area contributed by atoms with Gasteiger partial charge >= 0.3 is 0 Å². The van der Waals surface area contributed by atoms with Crippen LogP contribution >= 0.6 is 0 Å². The molecule has 0 atom stereocenters. The van der Waals surface area contributed by atoms with Gasteiger partial charge in [-0.3, -0.25) is 4.79 Å². The number of carbonyl (C=O) groups is 1. The third-order valence-corrected chi connectivity index (χ3v) is 2.90. The van der Waals surface area contributed by atoms with E-state index in [4.69, 9.17) is 5.26 Å². The number of rotatable bonds is 3. The largest absolute Gasteiger partial charge is 0.341 e. The first-order valence-corrected chi connectivity index (χ1v) is 6.09. The molecule has 0 unspecified atom stereocenters. The van der Waals surface area contributed by atoms with E-state index in [1.54, 1.807) is 11.9 Å². The molecule has 0 N–H and O–H groups in total. The van der Waals surface area contributed by atoms with Crippen molar-refractivity contribution in [3.8, 4) is 6.07 Å². The number of carbonyl (C=O) groups excluding carboxylic acids is 1. The highest BCUT2D eigenvalue weighted by Gasteiger charge is 2.15. The Kier molecular flexibility index (Phi) is 4.49. The SMILES string of the molecule is CN(CCC#N)C(=O)c1ccc(C(C)(C)C)cc1. The maximum Gasteiger partial charge on any atom is 0.253 e. The highest BCUT2D eigenvalue weighted by Crippen LogP contribution is 2.22. The molecule has 0 saturated heterocycles. The average Bonchev–Trinajstić information content (AvgIpc) is 2.34. The third-order valence-electron chi connectivity index (χ3n) is 2.90. The number of amides is 1. The summed E-state index contributed by atoms with van der Waals surface area (Å²) < 4.78 is 0. The van der Waals surface area contributed by atoms with Crippen molar-refractivity contribution in [1.82, 2.24) is 4.90 Å². The van der Waals surface area contributed by atoms with Crippen molar-refractivity contribution in [2.75, 3.05) is 13.6 Å². The summed E-state index contributed by atoms with van der Waals surface area (Å²) in [5.74, 6) is -0.0364. The molecule has 0 aliphatic rings. The first kappa shape index (κ1) is 14.2. The van der Waals surface area contributed by atoms with Crippen LogP contribution in [0.15, 0.2) is 24.3 Å². The summed E-state index contributed by atoms with van der Waals surface area (Å²) >= 11 is 0. The Morgan fingerprint density at radius 1 is 1.28 bits per heavy atom. The average molecular weight is 244 g/mol. The molecule has 0 fully saturated rings. The van der Waals surface area contributed by atoms with Gasteiger partial charge in [-0.15, -0.1) is 0 Å². The first-order chi connectivity index (χ1) is 8.36. The van der Waals surface area contributed by atoms with Crippen molar-refractivity contribution in [2.45, 2.75) is 32.6 Å². The lowest BCUT2D eigenvalue weighted by Gasteiger charge is -2.20. The Hall–Kier alpha value is -1.82. The van der Waals surface area contributed by atoms with E-state index in [1.807, 2.05) is 30.3 Å². The van der Waals surface area contributed by atoms with E-state index in [2.05, 4.69) is 20.8 Å². The van der Waals surface area contributed by atoms with Crippen molar-refractivity contribution in [3.63, 3.8) is 0 Å². The highest BCUT2D eigenvalue weighted by atomic mass is 16.2. The van der Waals surface area contributed by atoms with E-state index in [0.717, 1.165) is 0 Å². The number of hydrogen-bond donors (Lipinski definition) is 0. The molecule has 1 aromatic rings. The molecule has 96 valence electrons. The maximum atomic E-state index is 12.0. The van der Waals surface area contributed by atoms with Gasteiger partial charge in [0.1, 0.15) is 0 Å². The summed E-state index contributed by atoms with van der Waals surface area (Å²) in [6.07, 6.45) is 0.363. The molecule has 1 amide bonds. The predicted molar refractivity (Wildman–Crippen MR) is 72.3 cm³/mol. The van der Waals surface area contributed by atoms with Crippen molar-refractivity contribution < 1.29 is 4.79 Å². The van der Waals surface area contributed by atoms with Crippen molar-refractivity contribution in [3.05, 3.63) is 35.4 Å². The molecule has 0 spiro atoms. The van der Waals surface area contributed by atoms with Crippen molar-refractivity contribution >= 4 is 5.91 Å². The van der Waals surface area contributed by atoms with E-state index < -0.39 is 0 Å². The van der Waals surface area contributed by atoms with Gasteiger partial charge in [0.15, 0.2) is 0 Å². The van der Waals surface area contributed by atoms with E-state index >= 15 is 0 Å². The first-order valence-electron chi connectivity index (χ1n) is 6.09. The van der Waals surface area contributed by atoms with E-state index in [0.29, 0.717) is 18.5 Å². The molecule has 1 aromatic carbocycles. The molecular formula is C15H20N2O.